The van der Waals surface area contributed by atoms with Crippen LogP contribution in [0, 0.1) is 28.4 Å². The molecule has 10 heteroatoms. The molecule has 2 aromatic carbocycles. The molecule has 0 fully saturated rings. The Bertz CT molecular complexity index is 1000. The van der Waals surface area contributed by atoms with Gasteiger partial charge in [-0.15, -0.1) is 10.2 Å². The average molecular weight is 411 g/mol. The molecule has 0 aliphatic carbocycles. The van der Waals surface area contributed by atoms with Gasteiger partial charge >= 0.3 is 5.97 Å². The summed E-state index contributed by atoms with van der Waals surface area (Å²) in [6.45, 7) is 4.13. The Morgan fingerprint density at radius 3 is 2.57 bits per heavy atom. The van der Waals surface area contributed by atoms with Gasteiger partial charge in [-0.25, -0.2) is 0 Å². The van der Waals surface area contributed by atoms with Gasteiger partial charge in [0.15, 0.2) is 0 Å². The first-order valence-electron chi connectivity index (χ1n) is 9.07. The maximum Gasteiger partial charge on any atom is 0.302 e. The first-order chi connectivity index (χ1) is 14.3. The average Bonchev–Trinajstić information content (AvgIpc) is 2.70. The van der Waals surface area contributed by atoms with Crippen molar-refractivity contribution in [3.8, 4) is 11.8 Å². The van der Waals surface area contributed by atoms with E-state index in [0.717, 1.165) is 11.6 Å². The number of aryl methyl sites for hydroxylation is 1. The van der Waals surface area contributed by atoms with E-state index in [1.165, 1.54) is 19.1 Å². The zero-order chi connectivity index (χ0) is 22.1. The zero-order valence-corrected chi connectivity index (χ0v) is 16.6. The SMILES string of the molecule is CC(=O)OCCN(CCC#N)c1cc(C)ccc1N=Nc1ccc([N+](=O)[O-])cc1O. The molecule has 2 aromatic rings. The molecule has 156 valence electrons. The van der Waals surface area contributed by atoms with Crippen molar-refractivity contribution in [2.75, 3.05) is 24.6 Å². The fourth-order valence-electron chi connectivity index (χ4n) is 2.63. The van der Waals surface area contributed by atoms with Crippen LogP contribution in [-0.4, -0.2) is 35.7 Å². The van der Waals surface area contributed by atoms with E-state index in [9.17, 15) is 20.0 Å². The molecular weight excluding hydrogens is 390 g/mol. The van der Waals surface area contributed by atoms with Crippen LogP contribution in [0.2, 0.25) is 0 Å². The van der Waals surface area contributed by atoms with Crippen molar-refractivity contribution in [1.82, 2.24) is 0 Å². The third-order valence-corrected chi connectivity index (χ3v) is 4.07. The second-order valence-electron chi connectivity index (χ2n) is 6.36. The molecule has 0 unspecified atom stereocenters. The number of esters is 1. The van der Waals surface area contributed by atoms with Gasteiger partial charge in [-0.3, -0.25) is 14.9 Å². The lowest BCUT2D eigenvalue weighted by atomic mass is 10.1. The van der Waals surface area contributed by atoms with E-state index in [0.29, 0.717) is 24.5 Å². The second kappa shape index (κ2) is 10.5. The Hall–Kier alpha value is -4.00. The maximum absolute atomic E-state index is 11.1. The van der Waals surface area contributed by atoms with Crippen molar-refractivity contribution < 1.29 is 19.6 Å². The number of azo groups is 1. The number of carbonyl (C=O) groups is 1. The summed E-state index contributed by atoms with van der Waals surface area (Å²) >= 11 is 0. The summed E-state index contributed by atoms with van der Waals surface area (Å²) < 4.78 is 5.01. The zero-order valence-electron chi connectivity index (χ0n) is 16.6. The van der Waals surface area contributed by atoms with Gasteiger partial charge in [-0.05, 0) is 30.7 Å². The molecule has 0 aliphatic rings. The highest BCUT2D eigenvalue weighted by atomic mass is 16.6. The first kappa shape index (κ1) is 22.3. The van der Waals surface area contributed by atoms with Crippen molar-refractivity contribution in [2.24, 2.45) is 10.2 Å². The predicted molar refractivity (Wildman–Crippen MR) is 109 cm³/mol. The van der Waals surface area contributed by atoms with Crippen molar-refractivity contribution in [3.63, 3.8) is 0 Å². The Balaban J connectivity index is 2.34. The van der Waals surface area contributed by atoms with Crippen LogP contribution in [0.1, 0.15) is 18.9 Å². The van der Waals surface area contributed by atoms with E-state index < -0.39 is 10.9 Å². The van der Waals surface area contributed by atoms with Crippen molar-refractivity contribution in [3.05, 3.63) is 52.1 Å². The summed E-state index contributed by atoms with van der Waals surface area (Å²) in [7, 11) is 0. The number of rotatable bonds is 9. The summed E-state index contributed by atoms with van der Waals surface area (Å²) in [5.74, 6) is -0.758. The Morgan fingerprint density at radius 1 is 1.23 bits per heavy atom. The van der Waals surface area contributed by atoms with Gasteiger partial charge in [0.05, 0.1) is 35.7 Å². The number of hydrogen-bond acceptors (Lipinski definition) is 9. The lowest BCUT2D eigenvalue weighted by Crippen LogP contribution is -2.29. The normalized spacial score (nSPS) is 10.6. The van der Waals surface area contributed by atoms with Crippen molar-refractivity contribution >= 4 is 28.7 Å². The number of phenolic OH excluding ortho intramolecular Hbond substituents is 1. The number of nitro benzene ring substituents is 1. The van der Waals surface area contributed by atoms with Crippen LogP contribution in [0.15, 0.2) is 46.6 Å². The molecule has 10 nitrogen and oxygen atoms in total. The van der Waals surface area contributed by atoms with Gasteiger partial charge in [-0.1, -0.05) is 6.07 Å². The number of hydrogen-bond donors (Lipinski definition) is 1. The molecule has 0 saturated heterocycles. The topological polar surface area (TPSA) is 141 Å². The quantitative estimate of drug-likeness (QED) is 0.280. The lowest BCUT2D eigenvalue weighted by molar-refractivity contribution is -0.384. The van der Waals surface area contributed by atoms with Gasteiger partial charge in [-0.2, -0.15) is 5.26 Å². The van der Waals surface area contributed by atoms with Crippen molar-refractivity contribution in [2.45, 2.75) is 20.3 Å². The molecule has 0 radical (unpaired) electrons. The van der Waals surface area contributed by atoms with Gasteiger partial charge in [0.1, 0.15) is 23.7 Å². The third kappa shape index (κ3) is 6.27. The van der Waals surface area contributed by atoms with E-state index in [1.807, 2.05) is 24.0 Å². The number of phenols is 1. The van der Waals surface area contributed by atoms with E-state index in [1.54, 1.807) is 6.07 Å². The van der Waals surface area contributed by atoms with E-state index in [2.05, 4.69) is 16.3 Å². The molecule has 0 heterocycles. The number of anilines is 1. The van der Waals surface area contributed by atoms with Crippen LogP contribution in [0.25, 0.3) is 0 Å². The summed E-state index contributed by atoms with van der Waals surface area (Å²) in [5.41, 5.74) is 1.93. The van der Waals surface area contributed by atoms with Crippen LogP contribution in [0.3, 0.4) is 0 Å². The van der Waals surface area contributed by atoms with E-state index >= 15 is 0 Å². The highest BCUT2D eigenvalue weighted by Gasteiger charge is 2.14. The summed E-state index contributed by atoms with van der Waals surface area (Å²) in [5, 5.41) is 37.9. The van der Waals surface area contributed by atoms with Crippen LogP contribution < -0.4 is 4.90 Å². The number of nitriles is 1. The Kier molecular flexibility index (Phi) is 7.82. The van der Waals surface area contributed by atoms with Crippen LogP contribution >= 0.6 is 0 Å². The smallest absolute Gasteiger partial charge is 0.302 e. The van der Waals surface area contributed by atoms with Crippen LogP contribution in [-0.2, 0) is 9.53 Å². The largest absolute Gasteiger partial charge is 0.505 e. The van der Waals surface area contributed by atoms with Crippen molar-refractivity contribution in [1.29, 1.82) is 5.26 Å². The van der Waals surface area contributed by atoms with E-state index in [4.69, 9.17) is 10.00 Å². The predicted octanol–water partition coefficient (Wildman–Crippen LogP) is 4.31. The molecule has 0 saturated carbocycles. The third-order valence-electron chi connectivity index (χ3n) is 4.07. The second-order valence-corrected chi connectivity index (χ2v) is 6.36. The molecule has 0 bridgehead atoms. The molecule has 2 rings (SSSR count). The summed E-state index contributed by atoms with van der Waals surface area (Å²) in [6.07, 6.45) is 0.258. The number of aromatic hydroxyl groups is 1. The maximum atomic E-state index is 11.1. The lowest BCUT2D eigenvalue weighted by Gasteiger charge is -2.25. The number of nitrogens with zero attached hydrogens (tertiary/aromatic N) is 5. The van der Waals surface area contributed by atoms with Gasteiger partial charge in [0.25, 0.3) is 5.69 Å². The minimum Gasteiger partial charge on any atom is -0.505 e. The molecule has 0 aliphatic heterocycles. The Morgan fingerprint density at radius 2 is 1.93 bits per heavy atom. The molecule has 0 spiro atoms. The summed E-state index contributed by atoms with van der Waals surface area (Å²) in [4.78, 5) is 23.1. The molecule has 1 N–H and O–H groups in total. The molecular formula is C20H21N5O5. The fraction of sp³-hybridized carbons (Fsp3) is 0.300. The highest BCUT2D eigenvalue weighted by molar-refractivity contribution is 5.69. The molecule has 0 atom stereocenters. The van der Waals surface area contributed by atoms with Gasteiger partial charge < -0.3 is 14.7 Å². The molecule has 0 amide bonds. The molecule has 30 heavy (non-hydrogen) atoms. The fourth-order valence-corrected chi connectivity index (χ4v) is 2.63. The highest BCUT2D eigenvalue weighted by Crippen LogP contribution is 2.35. The van der Waals surface area contributed by atoms with Crippen LogP contribution in [0.5, 0.6) is 5.75 Å². The number of ether oxygens (including phenoxy) is 1. The Labute approximate surface area is 173 Å². The van der Waals surface area contributed by atoms with E-state index in [-0.39, 0.29) is 30.2 Å². The number of non-ortho nitro benzene ring substituents is 1. The monoisotopic (exact) mass is 411 g/mol. The number of nitro groups is 1. The standard InChI is InChI=1S/C20H21N5O5/c1-14-4-6-17(22-23-18-7-5-16(25(28)29)13-20(18)27)19(12-14)24(9-3-8-21)10-11-30-15(2)26/h4-7,12-13,27H,3,9-11H2,1-2H3. The van der Waals surface area contributed by atoms with Gasteiger partial charge in [0, 0.05) is 19.5 Å². The summed E-state index contributed by atoms with van der Waals surface area (Å²) in [6, 6.07) is 11.1. The van der Waals surface area contributed by atoms with Crippen LogP contribution in [0.4, 0.5) is 22.7 Å². The number of carbonyl (C=O) groups excluding carboxylic acids is 1. The first-order valence-corrected chi connectivity index (χ1v) is 9.07. The minimum absolute atomic E-state index is 0.0793. The number of benzene rings is 2. The van der Waals surface area contributed by atoms with Gasteiger partial charge in [0.2, 0.25) is 0 Å². The molecule has 0 aromatic heterocycles. The minimum atomic E-state index is -0.616.